The van der Waals surface area contributed by atoms with Gasteiger partial charge in [-0.1, -0.05) is 6.07 Å². The molecule has 3 aliphatic heterocycles. The van der Waals surface area contributed by atoms with Gasteiger partial charge in [0.1, 0.15) is 6.04 Å². The number of nitrogens with one attached hydrogen (secondary N) is 3. The number of fused-ring (bicyclic) bond motifs is 1. The SMILES string of the molecule is CC(=O)NCC1CCC(C(=O)N2CCC(n3cc(CNc4cccc5c4C(=O)N(C4CCC(=O)NC4=O)C5=O)cn3)CC2)CC1. The lowest BCUT2D eigenvalue weighted by atomic mass is 9.81. The molecular weight excluding hydrogens is 578 g/mol. The van der Waals surface area contributed by atoms with Gasteiger partial charge in [0, 0.05) is 62.9 Å². The van der Waals surface area contributed by atoms with E-state index in [1.165, 1.54) is 6.92 Å². The largest absolute Gasteiger partial charge is 0.380 e. The van der Waals surface area contributed by atoms with E-state index in [1.807, 2.05) is 15.8 Å². The van der Waals surface area contributed by atoms with E-state index in [0.717, 1.165) is 49.0 Å². The lowest BCUT2D eigenvalue weighted by Gasteiger charge is -2.36. The number of imide groups is 2. The highest BCUT2D eigenvalue weighted by atomic mass is 16.2. The number of likely N-dealkylation sites (tertiary alicyclic amines) is 1. The zero-order valence-electron chi connectivity index (χ0n) is 25.4. The maximum atomic E-state index is 13.4. The Bertz CT molecular complexity index is 1520. The van der Waals surface area contributed by atoms with Crippen LogP contribution in [0.5, 0.6) is 0 Å². The monoisotopic (exact) mass is 617 g/mol. The summed E-state index contributed by atoms with van der Waals surface area (Å²) in [6.45, 7) is 3.98. The highest BCUT2D eigenvalue weighted by Crippen LogP contribution is 2.34. The first kappa shape index (κ1) is 30.5. The maximum Gasteiger partial charge on any atom is 0.264 e. The summed E-state index contributed by atoms with van der Waals surface area (Å²) in [4.78, 5) is 77.8. The standard InChI is InChI=1S/C32H39N7O6/c1-19(40)33-15-20-5-7-22(8-6-20)30(43)37-13-11-23(12-14-37)38-18-21(17-35-38)16-34-25-4-2-3-24-28(25)32(45)39(31(24)44)26-9-10-27(41)36-29(26)42/h2-4,17-18,20,22-23,26,34H,5-16H2,1H3,(H,33,40)(H,36,41,42). The number of nitrogens with zero attached hydrogens (tertiary/aromatic N) is 4. The highest BCUT2D eigenvalue weighted by Gasteiger charge is 2.45. The van der Waals surface area contributed by atoms with Gasteiger partial charge in [0.25, 0.3) is 11.8 Å². The molecule has 13 nitrogen and oxygen atoms in total. The number of benzene rings is 1. The van der Waals surface area contributed by atoms with Crippen molar-refractivity contribution in [2.45, 2.75) is 76.9 Å². The van der Waals surface area contributed by atoms with Crippen LogP contribution in [-0.4, -0.2) is 80.7 Å². The van der Waals surface area contributed by atoms with Crippen LogP contribution in [0.25, 0.3) is 0 Å². The summed E-state index contributed by atoms with van der Waals surface area (Å²) in [6.07, 6.45) is 9.22. The van der Waals surface area contributed by atoms with Crippen molar-refractivity contribution in [3.8, 4) is 0 Å². The van der Waals surface area contributed by atoms with Crippen molar-refractivity contribution in [1.82, 2.24) is 30.2 Å². The number of hydrogen-bond acceptors (Lipinski definition) is 8. The molecule has 3 N–H and O–H groups in total. The molecule has 4 heterocycles. The fourth-order valence-electron chi connectivity index (χ4n) is 7.04. The van der Waals surface area contributed by atoms with E-state index in [1.54, 1.807) is 24.4 Å². The highest BCUT2D eigenvalue weighted by molar-refractivity contribution is 6.25. The predicted octanol–water partition coefficient (Wildman–Crippen LogP) is 2.00. The van der Waals surface area contributed by atoms with Crippen LogP contribution in [0.15, 0.2) is 30.6 Å². The Hall–Kier alpha value is -4.55. The summed E-state index contributed by atoms with van der Waals surface area (Å²) >= 11 is 0. The minimum absolute atomic E-state index is 0.00902. The van der Waals surface area contributed by atoms with Crippen LogP contribution in [0.2, 0.25) is 0 Å². The molecule has 45 heavy (non-hydrogen) atoms. The first-order valence-electron chi connectivity index (χ1n) is 15.8. The van der Waals surface area contributed by atoms with Gasteiger partial charge >= 0.3 is 0 Å². The molecule has 0 bridgehead atoms. The van der Waals surface area contributed by atoms with Gasteiger partial charge < -0.3 is 15.5 Å². The summed E-state index contributed by atoms with van der Waals surface area (Å²) in [5, 5.41) is 13.0. The molecule has 3 fully saturated rings. The van der Waals surface area contributed by atoms with Crippen LogP contribution in [0.3, 0.4) is 0 Å². The summed E-state index contributed by atoms with van der Waals surface area (Å²) < 4.78 is 1.95. The molecular formula is C32H39N7O6. The fraction of sp³-hybridized carbons (Fsp3) is 0.531. The Morgan fingerprint density at radius 2 is 1.73 bits per heavy atom. The number of piperidine rings is 2. The van der Waals surface area contributed by atoms with Gasteiger partial charge in [0.2, 0.25) is 23.6 Å². The van der Waals surface area contributed by atoms with Gasteiger partial charge in [-0.15, -0.1) is 0 Å². The number of hydrogen-bond donors (Lipinski definition) is 3. The summed E-state index contributed by atoms with van der Waals surface area (Å²) in [6, 6.07) is 4.15. The van der Waals surface area contributed by atoms with Crippen molar-refractivity contribution >= 4 is 41.1 Å². The molecule has 238 valence electrons. The van der Waals surface area contributed by atoms with Crippen LogP contribution < -0.4 is 16.0 Å². The molecule has 13 heteroatoms. The lowest BCUT2D eigenvalue weighted by molar-refractivity contribution is -0.138. The van der Waals surface area contributed by atoms with E-state index in [9.17, 15) is 28.8 Å². The zero-order valence-corrected chi connectivity index (χ0v) is 25.4. The topological polar surface area (TPSA) is 163 Å². The van der Waals surface area contributed by atoms with Crippen LogP contribution in [0.1, 0.15) is 90.6 Å². The quantitative estimate of drug-likeness (QED) is 0.379. The average molecular weight is 618 g/mol. The molecule has 1 aromatic heterocycles. The molecule has 1 atom stereocenters. The summed E-state index contributed by atoms with van der Waals surface area (Å²) in [5.41, 5.74) is 1.84. The van der Waals surface area contributed by atoms with Crippen LogP contribution >= 0.6 is 0 Å². The molecule has 6 amide bonds. The smallest absolute Gasteiger partial charge is 0.264 e. The Balaban J connectivity index is 1.01. The van der Waals surface area contributed by atoms with Crippen LogP contribution in [-0.2, 0) is 25.7 Å². The number of aromatic nitrogens is 2. The number of carbonyl (C=O) groups excluding carboxylic acids is 6. The van der Waals surface area contributed by atoms with Crippen molar-refractivity contribution in [2.24, 2.45) is 11.8 Å². The first-order chi connectivity index (χ1) is 21.7. The Labute approximate surface area is 261 Å². The van der Waals surface area contributed by atoms with Crippen molar-refractivity contribution in [1.29, 1.82) is 0 Å². The van der Waals surface area contributed by atoms with Gasteiger partial charge in [-0.05, 0) is 63.0 Å². The number of anilines is 1. The second-order valence-corrected chi connectivity index (χ2v) is 12.6. The van der Waals surface area contributed by atoms with Crippen molar-refractivity contribution in [3.63, 3.8) is 0 Å². The minimum Gasteiger partial charge on any atom is -0.380 e. The van der Waals surface area contributed by atoms with E-state index >= 15 is 0 Å². The van der Waals surface area contributed by atoms with Crippen molar-refractivity contribution in [2.75, 3.05) is 25.0 Å². The van der Waals surface area contributed by atoms with E-state index in [-0.39, 0.29) is 47.7 Å². The van der Waals surface area contributed by atoms with Crippen molar-refractivity contribution in [3.05, 3.63) is 47.3 Å². The maximum absolute atomic E-state index is 13.4. The summed E-state index contributed by atoms with van der Waals surface area (Å²) in [7, 11) is 0. The molecule has 1 saturated carbocycles. The number of rotatable bonds is 8. The number of amides is 6. The predicted molar refractivity (Wildman–Crippen MR) is 162 cm³/mol. The molecule has 6 rings (SSSR count). The molecule has 1 aliphatic carbocycles. The fourth-order valence-corrected chi connectivity index (χ4v) is 7.04. The summed E-state index contributed by atoms with van der Waals surface area (Å²) in [5.74, 6) is -1.39. The third kappa shape index (κ3) is 6.34. The molecule has 1 unspecified atom stereocenters. The Morgan fingerprint density at radius 3 is 2.44 bits per heavy atom. The third-order valence-corrected chi connectivity index (χ3v) is 9.59. The molecule has 2 saturated heterocycles. The zero-order chi connectivity index (χ0) is 31.7. The first-order valence-corrected chi connectivity index (χ1v) is 15.8. The second-order valence-electron chi connectivity index (χ2n) is 12.6. The van der Waals surface area contributed by atoms with Crippen LogP contribution in [0.4, 0.5) is 5.69 Å². The van der Waals surface area contributed by atoms with E-state index in [4.69, 9.17) is 0 Å². The second kappa shape index (κ2) is 12.8. The van der Waals surface area contributed by atoms with Gasteiger partial charge in [0.15, 0.2) is 0 Å². The Morgan fingerprint density at radius 1 is 0.978 bits per heavy atom. The normalized spacial score (nSPS) is 24.0. The van der Waals surface area contributed by atoms with Gasteiger partial charge in [0.05, 0.1) is 23.4 Å². The van der Waals surface area contributed by atoms with E-state index in [2.05, 4.69) is 21.0 Å². The minimum atomic E-state index is -1.01. The third-order valence-electron chi connectivity index (χ3n) is 9.59. The number of carbonyl (C=O) groups is 6. The Kier molecular flexibility index (Phi) is 8.68. The molecule has 0 radical (unpaired) electrons. The van der Waals surface area contributed by atoms with Crippen LogP contribution in [0, 0.1) is 11.8 Å². The molecule has 4 aliphatic rings. The molecule has 2 aromatic rings. The van der Waals surface area contributed by atoms with Crippen molar-refractivity contribution < 1.29 is 28.8 Å². The van der Waals surface area contributed by atoms with E-state index < -0.39 is 29.7 Å². The lowest BCUT2D eigenvalue weighted by Crippen LogP contribution is -2.54. The van der Waals surface area contributed by atoms with E-state index in [0.29, 0.717) is 37.8 Å². The van der Waals surface area contributed by atoms with Gasteiger partial charge in [-0.2, -0.15) is 5.10 Å². The van der Waals surface area contributed by atoms with Gasteiger partial charge in [-0.25, -0.2) is 0 Å². The van der Waals surface area contributed by atoms with Gasteiger partial charge in [-0.3, -0.25) is 43.7 Å². The average Bonchev–Trinajstić information content (AvgIpc) is 3.62. The molecule has 1 aromatic carbocycles. The molecule has 0 spiro atoms.